The number of anilines is 1. The third-order valence-electron chi connectivity index (χ3n) is 4.56. The molecule has 0 saturated heterocycles. The number of hydrogen-bond donors (Lipinski definition) is 2. The van der Waals surface area contributed by atoms with Crippen molar-refractivity contribution in [2.75, 3.05) is 5.32 Å². The molecule has 0 radical (unpaired) electrons. The van der Waals surface area contributed by atoms with Gasteiger partial charge in [0.1, 0.15) is 5.58 Å². The molecule has 32 heavy (non-hydrogen) atoms. The van der Waals surface area contributed by atoms with Crippen LogP contribution in [0.5, 0.6) is 0 Å². The molecule has 0 saturated carbocycles. The van der Waals surface area contributed by atoms with Gasteiger partial charge in [0.15, 0.2) is 5.11 Å². The SMILES string of the molecule is O=C(NC(=S)Nc1ccc(-c2cc3ccccc3oc2=O)c(Cl)c1)c1ccc(Cl)cc1Cl. The maximum Gasteiger partial charge on any atom is 0.344 e. The lowest BCUT2D eigenvalue weighted by molar-refractivity contribution is 0.0978. The number of hydrogen-bond acceptors (Lipinski definition) is 4. The van der Waals surface area contributed by atoms with E-state index in [-0.39, 0.29) is 15.7 Å². The lowest BCUT2D eigenvalue weighted by Crippen LogP contribution is -2.34. The predicted octanol–water partition coefficient (Wildman–Crippen LogP) is 6.55. The van der Waals surface area contributed by atoms with Gasteiger partial charge in [0.25, 0.3) is 5.91 Å². The second-order valence-electron chi connectivity index (χ2n) is 6.71. The minimum Gasteiger partial charge on any atom is -0.422 e. The van der Waals surface area contributed by atoms with Gasteiger partial charge in [-0.05, 0) is 54.7 Å². The molecule has 9 heteroatoms. The number of carbonyl (C=O) groups excluding carboxylic acids is 1. The molecule has 5 nitrogen and oxygen atoms in total. The summed E-state index contributed by atoms with van der Waals surface area (Å²) >= 11 is 23.5. The molecule has 0 aliphatic heterocycles. The Bertz CT molecular complexity index is 1440. The van der Waals surface area contributed by atoms with E-state index in [9.17, 15) is 9.59 Å². The molecule has 160 valence electrons. The van der Waals surface area contributed by atoms with Gasteiger partial charge in [-0.15, -0.1) is 0 Å². The van der Waals surface area contributed by atoms with E-state index >= 15 is 0 Å². The number of benzene rings is 3. The summed E-state index contributed by atoms with van der Waals surface area (Å²) in [5.74, 6) is -0.486. The number of amides is 1. The number of para-hydroxylation sites is 1. The van der Waals surface area contributed by atoms with Gasteiger partial charge in [-0.3, -0.25) is 10.1 Å². The van der Waals surface area contributed by atoms with E-state index in [0.717, 1.165) is 5.39 Å². The molecule has 3 aromatic carbocycles. The van der Waals surface area contributed by atoms with Gasteiger partial charge in [-0.2, -0.15) is 0 Å². The second kappa shape index (κ2) is 9.30. The largest absolute Gasteiger partial charge is 0.422 e. The zero-order valence-electron chi connectivity index (χ0n) is 16.1. The van der Waals surface area contributed by atoms with Crippen LogP contribution in [-0.4, -0.2) is 11.0 Å². The molecular weight excluding hydrogens is 491 g/mol. The van der Waals surface area contributed by atoms with E-state index in [4.69, 9.17) is 51.4 Å². The number of thiocarbonyl (C=S) groups is 1. The summed E-state index contributed by atoms with van der Waals surface area (Å²) in [6.45, 7) is 0. The number of halogens is 3. The highest BCUT2D eigenvalue weighted by Gasteiger charge is 2.14. The lowest BCUT2D eigenvalue weighted by Gasteiger charge is -2.12. The fourth-order valence-electron chi connectivity index (χ4n) is 3.07. The summed E-state index contributed by atoms with van der Waals surface area (Å²) in [6.07, 6.45) is 0. The fraction of sp³-hybridized carbons (Fsp3) is 0. The first kappa shape index (κ1) is 22.3. The Morgan fingerprint density at radius 2 is 1.66 bits per heavy atom. The Morgan fingerprint density at radius 1 is 0.875 bits per heavy atom. The van der Waals surface area contributed by atoms with Crippen molar-refractivity contribution in [3.05, 3.63) is 97.8 Å². The third-order valence-corrected chi connectivity index (χ3v) is 5.63. The van der Waals surface area contributed by atoms with E-state index < -0.39 is 11.5 Å². The van der Waals surface area contributed by atoms with E-state index in [1.54, 1.807) is 42.5 Å². The predicted molar refractivity (Wildman–Crippen MR) is 133 cm³/mol. The van der Waals surface area contributed by atoms with E-state index in [0.29, 0.717) is 32.4 Å². The van der Waals surface area contributed by atoms with Crippen molar-refractivity contribution in [2.24, 2.45) is 0 Å². The Morgan fingerprint density at radius 3 is 2.41 bits per heavy atom. The van der Waals surface area contributed by atoms with Crippen LogP contribution in [0.3, 0.4) is 0 Å². The van der Waals surface area contributed by atoms with Gasteiger partial charge in [0.2, 0.25) is 0 Å². The molecule has 1 aromatic heterocycles. The third kappa shape index (κ3) is 4.79. The fourth-order valence-corrected chi connectivity index (χ4v) is 4.05. The van der Waals surface area contributed by atoms with Crippen molar-refractivity contribution in [1.29, 1.82) is 0 Å². The van der Waals surface area contributed by atoms with E-state index in [1.165, 1.54) is 12.1 Å². The molecule has 1 heterocycles. The first-order chi connectivity index (χ1) is 15.3. The van der Waals surface area contributed by atoms with Crippen LogP contribution in [0.2, 0.25) is 15.1 Å². The standard InChI is InChI=1S/C23H13Cl3N2O3S/c24-13-5-7-16(18(25)10-13)21(29)28-23(32)27-14-6-8-15(19(26)11-14)17-9-12-3-1-2-4-20(12)31-22(17)30/h1-11H,(H2,27,28,29,32). The topological polar surface area (TPSA) is 71.3 Å². The molecule has 0 bridgehead atoms. The van der Waals surface area contributed by atoms with Gasteiger partial charge in [0, 0.05) is 21.7 Å². The smallest absolute Gasteiger partial charge is 0.344 e. The summed E-state index contributed by atoms with van der Waals surface area (Å²) in [4.78, 5) is 24.8. The zero-order chi connectivity index (χ0) is 22.8. The van der Waals surface area contributed by atoms with Crippen LogP contribution in [0.15, 0.2) is 75.9 Å². The van der Waals surface area contributed by atoms with Crippen LogP contribution in [0.25, 0.3) is 22.1 Å². The summed E-state index contributed by atoms with van der Waals surface area (Å²) in [5.41, 5.74) is 1.62. The van der Waals surface area contributed by atoms with E-state index in [2.05, 4.69) is 10.6 Å². The monoisotopic (exact) mass is 502 g/mol. The van der Waals surface area contributed by atoms with Crippen LogP contribution < -0.4 is 16.3 Å². The molecule has 0 atom stereocenters. The maximum atomic E-state index is 12.4. The Kier molecular flexibility index (Phi) is 6.48. The molecule has 0 aliphatic rings. The molecule has 0 unspecified atom stereocenters. The normalized spacial score (nSPS) is 10.7. The van der Waals surface area contributed by atoms with Crippen LogP contribution in [-0.2, 0) is 0 Å². The summed E-state index contributed by atoms with van der Waals surface area (Å²) < 4.78 is 5.38. The zero-order valence-corrected chi connectivity index (χ0v) is 19.2. The highest BCUT2D eigenvalue weighted by Crippen LogP contribution is 2.30. The van der Waals surface area contributed by atoms with E-state index in [1.807, 2.05) is 12.1 Å². The number of rotatable bonds is 3. The van der Waals surface area contributed by atoms with Crippen molar-refractivity contribution in [1.82, 2.24) is 5.32 Å². The highest BCUT2D eigenvalue weighted by molar-refractivity contribution is 7.80. The van der Waals surface area contributed by atoms with Gasteiger partial charge in [-0.1, -0.05) is 59.1 Å². The first-order valence-electron chi connectivity index (χ1n) is 9.22. The molecular formula is C23H13Cl3N2O3S. The van der Waals surface area contributed by atoms with Crippen LogP contribution in [0.1, 0.15) is 10.4 Å². The first-order valence-corrected chi connectivity index (χ1v) is 10.8. The molecule has 0 aliphatic carbocycles. The van der Waals surface area contributed by atoms with Gasteiger partial charge < -0.3 is 9.73 Å². The molecule has 4 aromatic rings. The molecule has 4 rings (SSSR count). The van der Waals surface area contributed by atoms with Crippen LogP contribution in [0.4, 0.5) is 5.69 Å². The van der Waals surface area contributed by atoms with Gasteiger partial charge >= 0.3 is 5.63 Å². The van der Waals surface area contributed by atoms with Crippen molar-refractivity contribution in [3.63, 3.8) is 0 Å². The summed E-state index contributed by atoms with van der Waals surface area (Å²) in [5, 5.41) is 7.20. The minimum absolute atomic E-state index is 0.0510. The van der Waals surface area contributed by atoms with Gasteiger partial charge in [-0.25, -0.2) is 4.79 Å². The number of carbonyl (C=O) groups is 1. The molecule has 0 spiro atoms. The Hall–Kier alpha value is -2.90. The summed E-state index contributed by atoms with van der Waals surface area (Å²) in [7, 11) is 0. The average Bonchev–Trinajstić information content (AvgIpc) is 2.73. The average molecular weight is 504 g/mol. The second-order valence-corrected chi connectivity index (χ2v) is 8.37. The quantitative estimate of drug-likeness (QED) is 0.245. The number of fused-ring (bicyclic) bond motifs is 1. The highest BCUT2D eigenvalue weighted by atomic mass is 35.5. The van der Waals surface area contributed by atoms with Crippen molar-refractivity contribution < 1.29 is 9.21 Å². The molecule has 2 N–H and O–H groups in total. The van der Waals surface area contributed by atoms with Crippen molar-refractivity contribution >= 4 is 74.7 Å². The Balaban J connectivity index is 1.52. The minimum atomic E-state index is -0.492. The maximum absolute atomic E-state index is 12.4. The van der Waals surface area contributed by atoms with Crippen LogP contribution in [0, 0.1) is 0 Å². The van der Waals surface area contributed by atoms with Gasteiger partial charge in [0.05, 0.1) is 21.2 Å². The Labute approximate surface area is 202 Å². The van der Waals surface area contributed by atoms with Crippen LogP contribution >= 0.6 is 47.0 Å². The van der Waals surface area contributed by atoms with Crippen molar-refractivity contribution in [3.8, 4) is 11.1 Å². The number of nitrogens with one attached hydrogen (secondary N) is 2. The van der Waals surface area contributed by atoms with Crippen molar-refractivity contribution in [2.45, 2.75) is 0 Å². The molecule has 0 fully saturated rings. The molecule has 1 amide bonds. The lowest BCUT2D eigenvalue weighted by atomic mass is 10.1. The summed E-state index contributed by atoms with van der Waals surface area (Å²) in [6, 6.07) is 18.4.